The molecule has 0 saturated heterocycles. The van der Waals surface area contributed by atoms with Gasteiger partial charge in [0, 0.05) is 17.7 Å². The second-order valence-corrected chi connectivity index (χ2v) is 8.44. The molecule has 0 aliphatic heterocycles. The number of aromatic nitrogens is 3. The number of carboxylic acid groups (broad SMARTS) is 1. The van der Waals surface area contributed by atoms with E-state index in [0.717, 1.165) is 31.2 Å². The predicted octanol–water partition coefficient (Wildman–Crippen LogP) is 4.02. The summed E-state index contributed by atoms with van der Waals surface area (Å²) in [5.74, 6) is -0.696. The Kier molecular flexibility index (Phi) is 7.24. The fraction of sp³-hybridized carbons (Fsp3) is 0.360. The number of hydrogen-bond donors (Lipinski definition) is 1. The van der Waals surface area contributed by atoms with Crippen molar-refractivity contribution in [3.63, 3.8) is 0 Å². The molecule has 1 heterocycles. The van der Waals surface area contributed by atoms with Crippen LogP contribution in [0, 0.1) is 17.7 Å². The van der Waals surface area contributed by atoms with Gasteiger partial charge in [0.2, 0.25) is 0 Å². The van der Waals surface area contributed by atoms with Gasteiger partial charge in [-0.2, -0.15) is 10.1 Å². The van der Waals surface area contributed by atoms with E-state index in [1.54, 1.807) is 12.1 Å². The minimum absolute atomic E-state index is 0.273. The van der Waals surface area contributed by atoms with Gasteiger partial charge in [0.05, 0.1) is 6.61 Å². The summed E-state index contributed by atoms with van der Waals surface area (Å²) in [4.78, 5) is 27.8. The van der Waals surface area contributed by atoms with Crippen molar-refractivity contribution < 1.29 is 19.0 Å². The number of halogens is 1. The monoisotopic (exact) mass is 451 g/mol. The molecule has 172 valence electrons. The molecule has 1 fully saturated rings. The number of hydrogen-bond acceptors (Lipinski definition) is 5. The largest absolute Gasteiger partial charge is 0.480 e. The molecule has 1 saturated carbocycles. The average Bonchev–Trinajstić information content (AvgIpc) is 2.82. The van der Waals surface area contributed by atoms with Gasteiger partial charge in [0.25, 0.3) is 0 Å². The third-order valence-electron chi connectivity index (χ3n) is 6.01. The van der Waals surface area contributed by atoms with Crippen LogP contribution in [0.3, 0.4) is 0 Å². The fourth-order valence-corrected chi connectivity index (χ4v) is 4.27. The van der Waals surface area contributed by atoms with Crippen molar-refractivity contribution in [3.05, 3.63) is 70.9 Å². The topological polar surface area (TPSA) is 94.3 Å². The zero-order valence-corrected chi connectivity index (χ0v) is 18.2. The van der Waals surface area contributed by atoms with Crippen molar-refractivity contribution in [1.82, 2.24) is 14.8 Å². The average molecular weight is 451 g/mol. The summed E-state index contributed by atoms with van der Waals surface area (Å²) in [6, 6.07) is 15.4. The Bertz CT molecular complexity index is 1140. The van der Waals surface area contributed by atoms with Gasteiger partial charge < -0.3 is 9.84 Å². The molecule has 0 atom stereocenters. The van der Waals surface area contributed by atoms with Gasteiger partial charge in [-0.1, -0.05) is 30.3 Å². The van der Waals surface area contributed by atoms with Crippen molar-refractivity contribution >= 4 is 5.97 Å². The number of aliphatic carboxylic acids is 1. The van der Waals surface area contributed by atoms with E-state index >= 15 is 0 Å². The first kappa shape index (κ1) is 22.8. The van der Waals surface area contributed by atoms with E-state index in [1.807, 2.05) is 30.3 Å². The van der Waals surface area contributed by atoms with Crippen molar-refractivity contribution in [1.29, 1.82) is 0 Å². The zero-order valence-electron chi connectivity index (χ0n) is 18.2. The van der Waals surface area contributed by atoms with Crippen molar-refractivity contribution in [3.8, 4) is 22.5 Å². The first-order valence-electron chi connectivity index (χ1n) is 11.1. The van der Waals surface area contributed by atoms with E-state index in [1.165, 1.54) is 16.8 Å². The van der Waals surface area contributed by atoms with Crippen LogP contribution in [0.15, 0.2) is 59.4 Å². The lowest BCUT2D eigenvalue weighted by atomic mass is 9.82. The summed E-state index contributed by atoms with van der Waals surface area (Å²) in [5.41, 5.74) is 2.07. The van der Waals surface area contributed by atoms with Gasteiger partial charge in [-0.3, -0.25) is 0 Å². The molecule has 7 nitrogen and oxygen atoms in total. The number of benzene rings is 2. The minimum atomic E-state index is -0.961. The van der Waals surface area contributed by atoms with Gasteiger partial charge in [-0.05, 0) is 61.8 Å². The molecule has 4 rings (SSSR count). The maximum atomic E-state index is 13.5. The highest BCUT2D eigenvalue weighted by molar-refractivity contribution is 5.77. The Morgan fingerprint density at radius 3 is 2.27 bits per heavy atom. The molecule has 3 aromatic rings. The number of carboxylic acids is 1. The van der Waals surface area contributed by atoms with Gasteiger partial charge >= 0.3 is 11.7 Å². The summed E-state index contributed by atoms with van der Waals surface area (Å²) in [7, 11) is 0. The van der Waals surface area contributed by atoms with Crippen LogP contribution in [0.5, 0.6) is 0 Å². The molecule has 33 heavy (non-hydrogen) atoms. The first-order chi connectivity index (χ1) is 16.0. The van der Waals surface area contributed by atoms with E-state index in [9.17, 15) is 14.0 Å². The third kappa shape index (κ3) is 5.90. The van der Waals surface area contributed by atoms with Crippen molar-refractivity contribution in [2.24, 2.45) is 11.8 Å². The van der Waals surface area contributed by atoms with E-state index in [0.29, 0.717) is 36.0 Å². The normalized spacial score (nSPS) is 18.2. The molecule has 0 bridgehead atoms. The lowest BCUT2D eigenvalue weighted by Crippen LogP contribution is -2.31. The van der Waals surface area contributed by atoms with Crippen LogP contribution in [-0.2, 0) is 16.1 Å². The molecular weight excluding hydrogens is 425 g/mol. The molecule has 1 aliphatic rings. The van der Waals surface area contributed by atoms with Crippen LogP contribution in [0.25, 0.3) is 22.5 Å². The maximum absolute atomic E-state index is 13.5. The highest BCUT2D eigenvalue weighted by Gasteiger charge is 2.23. The van der Waals surface area contributed by atoms with E-state index in [2.05, 4.69) is 10.1 Å². The molecule has 0 spiro atoms. The summed E-state index contributed by atoms with van der Waals surface area (Å²) in [5, 5.41) is 13.4. The number of carbonyl (C=O) groups is 1. The Labute approximate surface area is 190 Å². The SMILES string of the molecule is O=C(O)COCC1CCC(Cn2nc(-c3ccc(F)cc3)c(-c3ccccc3)nc2=O)CC1. The Balaban J connectivity index is 1.54. The molecule has 0 amide bonds. The second-order valence-electron chi connectivity index (χ2n) is 8.44. The van der Waals surface area contributed by atoms with Gasteiger partial charge in [-0.15, -0.1) is 0 Å². The summed E-state index contributed by atoms with van der Waals surface area (Å²) >= 11 is 0. The standard InChI is InChI=1S/C25H26FN3O4/c26-21-12-10-20(11-13-21)24-23(19-4-2-1-3-5-19)27-25(32)29(28-24)14-17-6-8-18(9-7-17)15-33-16-22(30)31/h1-5,10-13,17-18H,6-9,14-16H2,(H,30,31). The quantitative estimate of drug-likeness (QED) is 0.556. The van der Waals surface area contributed by atoms with Crippen molar-refractivity contribution in [2.75, 3.05) is 13.2 Å². The highest BCUT2D eigenvalue weighted by Crippen LogP contribution is 2.31. The Morgan fingerprint density at radius 2 is 1.61 bits per heavy atom. The lowest BCUT2D eigenvalue weighted by Gasteiger charge is -2.28. The highest BCUT2D eigenvalue weighted by atomic mass is 19.1. The number of rotatable bonds is 8. The Morgan fingerprint density at radius 1 is 0.970 bits per heavy atom. The summed E-state index contributed by atoms with van der Waals surface area (Å²) < 4.78 is 20.1. The lowest BCUT2D eigenvalue weighted by molar-refractivity contribution is -0.142. The molecule has 8 heteroatoms. The van der Waals surface area contributed by atoms with Crippen LogP contribution in [-0.4, -0.2) is 39.1 Å². The molecule has 0 radical (unpaired) electrons. The molecule has 0 unspecified atom stereocenters. The van der Waals surface area contributed by atoms with Crippen LogP contribution < -0.4 is 5.69 Å². The summed E-state index contributed by atoms with van der Waals surface area (Å²) in [6.07, 6.45) is 3.64. The molecular formula is C25H26FN3O4. The van der Waals surface area contributed by atoms with Gasteiger partial charge in [0.15, 0.2) is 0 Å². The molecule has 1 aromatic heterocycles. The minimum Gasteiger partial charge on any atom is -0.480 e. The predicted molar refractivity (Wildman–Crippen MR) is 121 cm³/mol. The fourth-order valence-electron chi connectivity index (χ4n) is 4.27. The number of ether oxygens (including phenoxy) is 1. The van der Waals surface area contributed by atoms with Gasteiger partial charge in [0.1, 0.15) is 23.8 Å². The van der Waals surface area contributed by atoms with Crippen LogP contribution >= 0.6 is 0 Å². The van der Waals surface area contributed by atoms with E-state index in [-0.39, 0.29) is 18.3 Å². The second kappa shape index (κ2) is 10.5. The molecule has 1 N–H and O–H groups in total. The zero-order chi connectivity index (χ0) is 23.2. The van der Waals surface area contributed by atoms with Crippen molar-refractivity contribution in [2.45, 2.75) is 32.2 Å². The van der Waals surface area contributed by atoms with Crippen LogP contribution in [0.2, 0.25) is 0 Å². The van der Waals surface area contributed by atoms with E-state index in [4.69, 9.17) is 9.84 Å². The number of nitrogens with zero attached hydrogens (tertiary/aromatic N) is 3. The molecule has 1 aliphatic carbocycles. The van der Waals surface area contributed by atoms with Crippen LogP contribution in [0.1, 0.15) is 25.7 Å². The first-order valence-corrected chi connectivity index (χ1v) is 11.1. The van der Waals surface area contributed by atoms with E-state index < -0.39 is 11.7 Å². The van der Waals surface area contributed by atoms with Gasteiger partial charge in [-0.25, -0.2) is 18.7 Å². The van der Waals surface area contributed by atoms with Crippen LogP contribution in [0.4, 0.5) is 4.39 Å². The summed E-state index contributed by atoms with van der Waals surface area (Å²) in [6.45, 7) is 0.627. The maximum Gasteiger partial charge on any atom is 0.364 e. The third-order valence-corrected chi connectivity index (χ3v) is 6.01. The smallest absolute Gasteiger partial charge is 0.364 e. The Hall–Kier alpha value is -3.39. The molecule has 2 aromatic carbocycles.